The number of hydrogen-bond acceptors (Lipinski definition) is 4. The van der Waals surface area contributed by atoms with E-state index in [1.54, 1.807) is 0 Å². The molecule has 0 radical (unpaired) electrons. The van der Waals surface area contributed by atoms with E-state index in [1.807, 2.05) is 73.7 Å². The van der Waals surface area contributed by atoms with Crippen LogP contribution >= 0.6 is 0 Å². The number of amides is 1. The van der Waals surface area contributed by atoms with Gasteiger partial charge in [0.1, 0.15) is 5.25 Å². The smallest absolute Gasteiger partial charge is 0.238 e. The van der Waals surface area contributed by atoms with Crippen LogP contribution in [0.4, 0.5) is 5.69 Å². The van der Waals surface area contributed by atoms with Crippen molar-refractivity contribution in [2.24, 2.45) is 0 Å². The van der Waals surface area contributed by atoms with E-state index in [4.69, 9.17) is 0 Å². The Morgan fingerprint density at radius 3 is 2.38 bits per heavy atom. The predicted molar refractivity (Wildman–Crippen MR) is 118 cm³/mol. The Hall–Kier alpha value is -2.80. The zero-order valence-corrected chi connectivity index (χ0v) is 18.0. The van der Waals surface area contributed by atoms with Gasteiger partial charge in [0.25, 0.3) is 0 Å². The molecule has 7 heteroatoms. The molecule has 0 saturated carbocycles. The Morgan fingerprint density at radius 2 is 1.76 bits per heavy atom. The summed E-state index contributed by atoms with van der Waals surface area (Å²) in [4.78, 5) is 17.7. The van der Waals surface area contributed by atoms with Crippen molar-refractivity contribution in [1.29, 1.82) is 0 Å². The SMILES string of the molecule is CC(C(=O)NCC(c1ccc(N(C)C)cc1)c1c[nH]c2ccccc12)S(C)(=O)=O. The van der Waals surface area contributed by atoms with Crippen molar-refractivity contribution < 1.29 is 13.2 Å². The molecule has 29 heavy (non-hydrogen) atoms. The molecule has 1 heterocycles. The number of rotatable bonds is 7. The lowest BCUT2D eigenvalue weighted by Gasteiger charge is -2.21. The molecule has 0 aliphatic rings. The zero-order chi connectivity index (χ0) is 21.2. The van der Waals surface area contributed by atoms with E-state index in [0.29, 0.717) is 6.54 Å². The Balaban J connectivity index is 1.95. The van der Waals surface area contributed by atoms with Crippen LogP contribution < -0.4 is 10.2 Å². The normalized spacial score (nSPS) is 13.8. The van der Waals surface area contributed by atoms with Gasteiger partial charge < -0.3 is 15.2 Å². The van der Waals surface area contributed by atoms with E-state index in [1.165, 1.54) is 6.92 Å². The van der Waals surface area contributed by atoms with Gasteiger partial charge >= 0.3 is 0 Å². The summed E-state index contributed by atoms with van der Waals surface area (Å²) >= 11 is 0. The molecule has 2 aromatic carbocycles. The Labute approximate surface area is 171 Å². The second kappa shape index (κ2) is 8.29. The molecule has 154 valence electrons. The van der Waals surface area contributed by atoms with Gasteiger partial charge in [-0.05, 0) is 36.2 Å². The maximum Gasteiger partial charge on any atom is 0.238 e. The third-order valence-electron chi connectivity index (χ3n) is 5.30. The highest BCUT2D eigenvalue weighted by Crippen LogP contribution is 2.31. The summed E-state index contributed by atoms with van der Waals surface area (Å²) in [7, 11) is 0.528. The predicted octanol–water partition coefficient (Wildman–Crippen LogP) is 2.92. The number of fused-ring (bicyclic) bond motifs is 1. The van der Waals surface area contributed by atoms with Gasteiger partial charge in [-0.1, -0.05) is 30.3 Å². The lowest BCUT2D eigenvalue weighted by atomic mass is 9.90. The first kappa shape index (κ1) is 20.9. The molecular weight excluding hydrogens is 386 g/mol. The molecule has 1 amide bonds. The average Bonchev–Trinajstić information content (AvgIpc) is 3.11. The molecule has 0 fully saturated rings. The van der Waals surface area contributed by atoms with Gasteiger partial charge in [0.05, 0.1) is 0 Å². The lowest BCUT2D eigenvalue weighted by Crippen LogP contribution is -2.39. The van der Waals surface area contributed by atoms with Crippen LogP contribution in [0.15, 0.2) is 54.7 Å². The van der Waals surface area contributed by atoms with Crippen LogP contribution in [0.25, 0.3) is 10.9 Å². The third-order valence-corrected chi connectivity index (χ3v) is 6.80. The van der Waals surface area contributed by atoms with Crippen LogP contribution in [0, 0.1) is 0 Å². The van der Waals surface area contributed by atoms with Gasteiger partial charge in [0.2, 0.25) is 5.91 Å². The fourth-order valence-electron chi connectivity index (χ4n) is 3.34. The maximum atomic E-state index is 12.4. The average molecular weight is 414 g/mol. The van der Waals surface area contributed by atoms with Crippen molar-refractivity contribution in [3.63, 3.8) is 0 Å². The molecular formula is C22H27N3O3S. The van der Waals surface area contributed by atoms with Crippen LogP contribution in [-0.4, -0.2) is 51.5 Å². The highest BCUT2D eigenvalue weighted by atomic mass is 32.2. The van der Waals surface area contributed by atoms with Gasteiger partial charge in [0.15, 0.2) is 9.84 Å². The quantitative estimate of drug-likeness (QED) is 0.624. The number of sulfone groups is 1. The summed E-state index contributed by atoms with van der Waals surface area (Å²) in [5, 5.41) is 2.84. The Bertz CT molecular complexity index is 1100. The largest absolute Gasteiger partial charge is 0.378 e. The zero-order valence-electron chi connectivity index (χ0n) is 17.1. The molecule has 0 aliphatic carbocycles. The van der Waals surface area contributed by atoms with Crippen LogP contribution in [-0.2, 0) is 14.6 Å². The summed E-state index contributed by atoms with van der Waals surface area (Å²) < 4.78 is 23.4. The van der Waals surface area contributed by atoms with Gasteiger partial charge in [0, 0.05) is 55.6 Å². The minimum Gasteiger partial charge on any atom is -0.378 e. The standard InChI is InChI=1S/C22H27N3O3S/c1-15(29(4,27)28)22(26)24-13-19(16-9-11-17(12-10-16)25(2)3)20-14-23-21-8-6-5-7-18(20)21/h5-12,14-15,19,23H,13H2,1-4H3,(H,24,26). The van der Waals surface area contributed by atoms with Gasteiger partial charge in [-0.15, -0.1) is 0 Å². The molecule has 6 nitrogen and oxygen atoms in total. The Kier molecular flexibility index (Phi) is 5.98. The molecule has 0 aliphatic heterocycles. The number of benzene rings is 2. The number of nitrogens with zero attached hydrogens (tertiary/aromatic N) is 1. The minimum atomic E-state index is -3.44. The van der Waals surface area contributed by atoms with Crippen molar-refractivity contribution >= 4 is 32.3 Å². The number of anilines is 1. The van der Waals surface area contributed by atoms with Crippen molar-refractivity contribution in [3.05, 3.63) is 65.9 Å². The summed E-state index contributed by atoms with van der Waals surface area (Å²) in [5.74, 6) is -0.597. The van der Waals surface area contributed by atoms with Crippen LogP contribution in [0.5, 0.6) is 0 Å². The highest BCUT2D eigenvalue weighted by Gasteiger charge is 2.25. The molecule has 2 N–H and O–H groups in total. The molecule has 3 rings (SSSR count). The summed E-state index contributed by atoms with van der Waals surface area (Å²) in [6, 6.07) is 16.2. The number of hydrogen-bond donors (Lipinski definition) is 2. The van der Waals surface area contributed by atoms with E-state index >= 15 is 0 Å². The summed E-state index contributed by atoms with van der Waals surface area (Å²) in [6.45, 7) is 1.72. The van der Waals surface area contributed by atoms with Crippen molar-refractivity contribution in [2.45, 2.75) is 18.1 Å². The van der Waals surface area contributed by atoms with E-state index in [0.717, 1.165) is 34.0 Å². The van der Waals surface area contributed by atoms with Crippen LogP contribution in [0.3, 0.4) is 0 Å². The number of aromatic amines is 1. The molecule has 2 unspecified atom stereocenters. The molecule has 2 atom stereocenters. The van der Waals surface area contributed by atoms with E-state index in [9.17, 15) is 13.2 Å². The monoisotopic (exact) mass is 413 g/mol. The fourth-order valence-corrected chi connectivity index (χ4v) is 3.81. The van der Waals surface area contributed by atoms with Crippen LogP contribution in [0.1, 0.15) is 24.0 Å². The molecule has 0 saturated heterocycles. The second-order valence-electron chi connectivity index (χ2n) is 7.55. The van der Waals surface area contributed by atoms with E-state index in [-0.39, 0.29) is 5.92 Å². The van der Waals surface area contributed by atoms with Crippen molar-refractivity contribution in [2.75, 3.05) is 31.8 Å². The lowest BCUT2D eigenvalue weighted by molar-refractivity contribution is -0.120. The number of carbonyl (C=O) groups is 1. The van der Waals surface area contributed by atoms with Gasteiger partial charge in [-0.25, -0.2) is 8.42 Å². The van der Waals surface area contributed by atoms with Crippen LogP contribution in [0.2, 0.25) is 0 Å². The van der Waals surface area contributed by atoms with Gasteiger partial charge in [-0.3, -0.25) is 4.79 Å². The molecule has 3 aromatic rings. The molecule has 1 aromatic heterocycles. The number of para-hydroxylation sites is 1. The number of aromatic nitrogens is 1. The second-order valence-corrected chi connectivity index (χ2v) is 9.91. The first-order valence-corrected chi connectivity index (χ1v) is 11.4. The third kappa shape index (κ3) is 4.62. The van der Waals surface area contributed by atoms with Crippen molar-refractivity contribution in [3.8, 4) is 0 Å². The maximum absolute atomic E-state index is 12.4. The fraction of sp³-hybridized carbons (Fsp3) is 0.318. The summed E-state index contributed by atoms with van der Waals surface area (Å²) in [5.41, 5.74) is 4.22. The highest BCUT2D eigenvalue weighted by molar-refractivity contribution is 7.92. The number of nitrogens with one attached hydrogen (secondary N) is 2. The van der Waals surface area contributed by atoms with Crippen molar-refractivity contribution in [1.82, 2.24) is 10.3 Å². The minimum absolute atomic E-state index is 0.113. The molecule has 0 bridgehead atoms. The topological polar surface area (TPSA) is 82.3 Å². The number of H-pyrrole nitrogens is 1. The first-order valence-electron chi connectivity index (χ1n) is 9.48. The van der Waals surface area contributed by atoms with Gasteiger partial charge in [-0.2, -0.15) is 0 Å². The number of carbonyl (C=O) groups excluding carboxylic acids is 1. The summed E-state index contributed by atoms with van der Waals surface area (Å²) in [6.07, 6.45) is 3.04. The Morgan fingerprint density at radius 1 is 1.10 bits per heavy atom. The molecule has 0 spiro atoms. The van der Waals surface area contributed by atoms with E-state index < -0.39 is 21.0 Å². The first-order chi connectivity index (χ1) is 13.7. The van der Waals surface area contributed by atoms with E-state index in [2.05, 4.69) is 10.3 Å².